The number of unbranched alkanes of at least 4 members (excludes halogenated alkanes) is 10. The van der Waals surface area contributed by atoms with Crippen molar-refractivity contribution >= 4 is 18.3 Å². The van der Waals surface area contributed by atoms with Gasteiger partial charge in [-0.05, 0) is 6.42 Å². The van der Waals surface area contributed by atoms with Gasteiger partial charge in [-0.1, -0.05) is 71.1 Å². The van der Waals surface area contributed by atoms with Crippen molar-refractivity contribution in [3.8, 4) is 0 Å². The number of hydrazine groups is 1. The molecule has 0 spiro atoms. The molecule has 0 saturated heterocycles. The second kappa shape index (κ2) is 16.7. The Kier molecular flexibility index (Phi) is 18.6. The first kappa shape index (κ1) is 20.0. The quantitative estimate of drug-likeness (QED) is 0.244. The van der Waals surface area contributed by atoms with E-state index in [0.717, 1.165) is 12.8 Å². The Hall–Kier alpha value is -0.280. The highest BCUT2D eigenvalue weighted by Crippen LogP contribution is 2.11. The molecule has 1 amide bonds. The monoisotopic (exact) mass is 278 g/mol. The van der Waals surface area contributed by atoms with Gasteiger partial charge in [-0.15, -0.1) is 12.4 Å². The lowest BCUT2D eigenvalue weighted by molar-refractivity contribution is -0.121. The number of hydrogen-bond acceptors (Lipinski definition) is 2. The molecule has 0 fully saturated rings. The van der Waals surface area contributed by atoms with Crippen LogP contribution in [0, 0.1) is 0 Å². The van der Waals surface area contributed by atoms with Gasteiger partial charge in [0.05, 0.1) is 0 Å². The van der Waals surface area contributed by atoms with Crippen LogP contribution in [-0.4, -0.2) is 5.91 Å². The van der Waals surface area contributed by atoms with Crippen molar-refractivity contribution in [2.24, 2.45) is 5.84 Å². The normalized spacial score (nSPS) is 9.89. The molecule has 0 aliphatic rings. The molecule has 0 aromatic carbocycles. The van der Waals surface area contributed by atoms with E-state index in [1.54, 1.807) is 0 Å². The lowest BCUT2D eigenvalue weighted by atomic mass is 10.1. The van der Waals surface area contributed by atoms with Crippen LogP contribution in [0.1, 0.15) is 84.0 Å². The molecule has 110 valence electrons. The highest BCUT2D eigenvalue weighted by atomic mass is 35.5. The molecular formula is C14H31ClN2O. The molecule has 3 nitrogen and oxygen atoms in total. The lowest BCUT2D eigenvalue weighted by Crippen LogP contribution is -2.29. The van der Waals surface area contributed by atoms with E-state index in [0.29, 0.717) is 6.42 Å². The molecule has 3 N–H and O–H groups in total. The highest BCUT2D eigenvalue weighted by Gasteiger charge is 1.97. The Morgan fingerprint density at radius 1 is 0.833 bits per heavy atom. The minimum absolute atomic E-state index is 0. The van der Waals surface area contributed by atoms with Crippen molar-refractivity contribution in [3.63, 3.8) is 0 Å². The van der Waals surface area contributed by atoms with Gasteiger partial charge in [0.1, 0.15) is 0 Å². The van der Waals surface area contributed by atoms with Crippen molar-refractivity contribution in [2.45, 2.75) is 84.0 Å². The van der Waals surface area contributed by atoms with Crippen molar-refractivity contribution in [3.05, 3.63) is 0 Å². The van der Waals surface area contributed by atoms with E-state index >= 15 is 0 Å². The van der Waals surface area contributed by atoms with Crippen LogP contribution >= 0.6 is 12.4 Å². The summed E-state index contributed by atoms with van der Waals surface area (Å²) in [6, 6.07) is 0. The van der Waals surface area contributed by atoms with Crippen molar-refractivity contribution in [2.75, 3.05) is 0 Å². The number of halogens is 1. The molecule has 0 aliphatic heterocycles. The SMILES string of the molecule is CCCCCCCCCCCCCC(=O)NN.Cl. The summed E-state index contributed by atoms with van der Waals surface area (Å²) in [6.07, 6.45) is 15.0. The topological polar surface area (TPSA) is 55.1 Å². The van der Waals surface area contributed by atoms with Gasteiger partial charge in [0.15, 0.2) is 0 Å². The molecule has 0 atom stereocenters. The van der Waals surface area contributed by atoms with Crippen LogP contribution in [0.4, 0.5) is 0 Å². The second-order valence-corrected chi connectivity index (χ2v) is 4.85. The number of amides is 1. The van der Waals surface area contributed by atoms with E-state index in [2.05, 4.69) is 12.3 Å². The van der Waals surface area contributed by atoms with Crippen LogP contribution < -0.4 is 11.3 Å². The summed E-state index contributed by atoms with van der Waals surface area (Å²) in [5.41, 5.74) is 2.16. The summed E-state index contributed by atoms with van der Waals surface area (Å²) in [5, 5.41) is 0. The first-order valence-electron chi connectivity index (χ1n) is 7.30. The zero-order chi connectivity index (χ0) is 12.8. The molecule has 0 rings (SSSR count). The van der Waals surface area contributed by atoms with E-state index in [1.165, 1.54) is 57.8 Å². The standard InChI is InChI=1S/C14H30N2O.ClH/c1-2-3-4-5-6-7-8-9-10-11-12-13-14(17)16-15;/h2-13,15H2,1H3,(H,16,17);1H. The lowest BCUT2D eigenvalue weighted by Gasteiger charge is -2.02. The molecule has 0 heterocycles. The summed E-state index contributed by atoms with van der Waals surface area (Å²) < 4.78 is 0. The fourth-order valence-corrected chi connectivity index (χ4v) is 2.02. The predicted octanol–water partition coefficient (Wildman–Crippen LogP) is 4.10. The number of carbonyl (C=O) groups is 1. The number of nitrogens with one attached hydrogen (secondary N) is 1. The third kappa shape index (κ3) is 15.7. The smallest absolute Gasteiger partial charge is 0.233 e. The van der Waals surface area contributed by atoms with Gasteiger partial charge in [0.2, 0.25) is 5.91 Å². The zero-order valence-corrected chi connectivity index (χ0v) is 12.7. The fourth-order valence-electron chi connectivity index (χ4n) is 2.02. The molecule has 0 radical (unpaired) electrons. The van der Waals surface area contributed by atoms with Gasteiger partial charge in [0, 0.05) is 6.42 Å². The van der Waals surface area contributed by atoms with Gasteiger partial charge in [-0.2, -0.15) is 0 Å². The number of carbonyl (C=O) groups excluding carboxylic acids is 1. The maximum atomic E-state index is 10.8. The first-order valence-corrected chi connectivity index (χ1v) is 7.30. The zero-order valence-electron chi connectivity index (χ0n) is 11.9. The van der Waals surface area contributed by atoms with Crippen LogP contribution in [0.2, 0.25) is 0 Å². The highest BCUT2D eigenvalue weighted by molar-refractivity contribution is 5.85. The molecule has 0 unspecified atom stereocenters. The van der Waals surface area contributed by atoms with E-state index in [4.69, 9.17) is 5.84 Å². The van der Waals surface area contributed by atoms with Crippen LogP contribution in [0.25, 0.3) is 0 Å². The summed E-state index contributed by atoms with van der Waals surface area (Å²) >= 11 is 0. The Bertz CT molecular complexity index is 177. The van der Waals surface area contributed by atoms with Gasteiger partial charge < -0.3 is 0 Å². The molecule has 0 aromatic heterocycles. The molecule has 4 heteroatoms. The van der Waals surface area contributed by atoms with E-state index in [9.17, 15) is 4.79 Å². The summed E-state index contributed by atoms with van der Waals surface area (Å²) in [6.45, 7) is 2.25. The number of hydrogen-bond donors (Lipinski definition) is 2. The largest absolute Gasteiger partial charge is 0.294 e. The molecule has 18 heavy (non-hydrogen) atoms. The van der Waals surface area contributed by atoms with Crippen molar-refractivity contribution in [1.29, 1.82) is 0 Å². The van der Waals surface area contributed by atoms with E-state index < -0.39 is 0 Å². The van der Waals surface area contributed by atoms with Crippen LogP contribution in [0.5, 0.6) is 0 Å². The summed E-state index contributed by atoms with van der Waals surface area (Å²) in [7, 11) is 0. The third-order valence-corrected chi connectivity index (χ3v) is 3.17. The second-order valence-electron chi connectivity index (χ2n) is 4.85. The summed E-state index contributed by atoms with van der Waals surface area (Å²) in [5.74, 6) is 4.96. The maximum Gasteiger partial charge on any atom is 0.233 e. The number of rotatable bonds is 12. The Labute approximate surface area is 119 Å². The third-order valence-electron chi connectivity index (χ3n) is 3.17. The fraction of sp³-hybridized carbons (Fsp3) is 0.929. The minimum atomic E-state index is -0.0408. The predicted molar refractivity (Wildman–Crippen MR) is 80.7 cm³/mol. The first-order chi connectivity index (χ1) is 8.31. The van der Waals surface area contributed by atoms with Gasteiger partial charge in [-0.3, -0.25) is 10.2 Å². The Morgan fingerprint density at radius 3 is 1.61 bits per heavy atom. The van der Waals surface area contributed by atoms with Gasteiger partial charge >= 0.3 is 0 Å². The average Bonchev–Trinajstić information content (AvgIpc) is 2.35. The van der Waals surface area contributed by atoms with Crippen LogP contribution in [0.3, 0.4) is 0 Å². The number of nitrogens with two attached hydrogens (primary N) is 1. The minimum Gasteiger partial charge on any atom is -0.294 e. The average molecular weight is 279 g/mol. The maximum absolute atomic E-state index is 10.8. The van der Waals surface area contributed by atoms with Crippen LogP contribution in [0.15, 0.2) is 0 Å². The molecule has 0 bridgehead atoms. The molecular weight excluding hydrogens is 248 g/mol. The van der Waals surface area contributed by atoms with Crippen LogP contribution in [-0.2, 0) is 4.79 Å². The van der Waals surface area contributed by atoms with Gasteiger partial charge in [-0.25, -0.2) is 5.84 Å². The van der Waals surface area contributed by atoms with E-state index in [1.807, 2.05) is 0 Å². The molecule has 0 saturated carbocycles. The Balaban J connectivity index is 0. The van der Waals surface area contributed by atoms with E-state index in [-0.39, 0.29) is 18.3 Å². The van der Waals surface area contributed by atoms with Crippen molar-refractivity contribution in [1.82, 2.24) is 5.43 Å². The van der Waals surface area contributed by atoms with Gasteiger partial charge in [0.25, 0.3) is 0 Å². The van der Waals surface area contributed by atoms with Crippen molar-refractivity contribution < 1.29 is 4.79 Å². The Morgan fingerprint density at radius 2 is 1.22 bits per heavy atom. The summed E-state index contributed by atoms with van der Waals surface area (Å²) in [4.78, 5) is 10.8. The molecule has 0 aliphatic carbocycles. The molecule has 0 aromatic rings.